The second-order valence-corrected chi connectivity index (χ2v) is 3.57. The summed E-state index contributed by atoms with van der Waals surface area (Å²) >= 11 is 0. The van der Waals surface area contributed by atoms with E-state index >= 15 is 0 Å². The Balaban J connectivity index is 2.55. The van der Waals surface area contributed by atoms with Crippen molar-refractivity contribution in [2.75, 3.05) is 6.54 Å². The molecular formula is C10H11F5N2. The van der Waals surface area contributed by atoms with Crippen molar-refractivity contribution in [3.8, 4) is 0 Å². The molecule has 1 atom stereocenters. The van der Waals surface area contributed by atoms with Crippen LogP contribution < -0.4 is 5.32 Å². The van der Waals surface area contributed by atoms with Crippen molar-refractivity contribution in [2.45, 2.75) is 25.3 Å². The summed E-state index contributed by atoms with van der Waals surface area (Å²) < 4.78 is 61.4. The molecule has 0 spiro atoms. The van der Waals surface area contributed by atoms with Crippen LogP contribution in [0.5, 0.6) is 0 Å². The van der Waals surface area contributed by atoms with Gasteiger partial charge in [-0.15, -0.1) is 0 Å². The van der Waals surface area contributed by atoms with Gasteiger partial charge in [0.15, 0.2) is 0 Å². The van der Waals surface area contributed by atoms with E-state index in [1.807, 2.05) is 0 Å². The molecule has 1 rings (SSSR count). The maximum Gasteiger partial charge on any atom is 0.319 e. The van der Waals surface area contributed by atoms with Gasteiger partial charge in [-0.2, -0.15) is 8.78 Å². The number of alkyl halides is 4. The number of rotatable bonds is 5. The Morgan fingerprint density at radius 1 is 1.35 bits per heavy atom. The van der Waals surface area contributed by atoms with Gasteiger partial charge in [-0.25, -0.2) is 13.2 Å². The zero-order valence-electron chi connectivity index (χ0n) is 8.93. The molecule has 0 saturated carbocycles. The van der Waals surface area contributed by atoms with Crippen molar-refractivity contribution in [2.24, 2.45) is 0 Å². The van der Waals surface area contributed by atoms with Crippen LogP contribution in [-0.2, 0) is 0 Å². The Kier molecular flexibility index (Phi) is 4.39. The van der Waals surface area contributed by atoms with Crippen molar-refractivity contribution < 1.29 is 22.0 Å². The van der Waals surface area contributed by atoms with Gasteiger partial charge in [0.05, 0.1) is 18.4 Å². The van der Waals surface area contributed by atoms with Crippen molar-refractivity contribution in [3.05, 3.63) is 29.8 Å². The third-order valence-corrected chi connectivity index (χ3v) is 2.16. The normalized spacial score (nSPS) is 14.1. The van der Waals surface area contributed by atoms with Crippen LogP contribution in [0, 0.1) is 5.82 Å². The number of pyridine rings is 1. The minimum absolute atomic E-state index is 0.302. The Labute approximate surface area is 94.9 Å². The highest BCUT2D eigenvalue weighted by Gasteiger charge is 2.40. The summed E-state index contributed by atoms with van der Waals surface area (Å²) in [6.45, 7) is 0.312. The summed E-state index contributed by atoms with van der Waals surface area (Å²) in [6.07, 6.45) is -2.79. The third-order valence-electron chi connectivity index (χ3n) is 2.16. The molecule has 0 amide bonds. The highest BCUT2D eigenvalue weighted by Crippen LogP contribution is 2.22. The molecule has 0 saturated heterocycles. The average Bonchev–Trinajstić information content (AvgIpc) is 2.27. The minimum Gasteiger partial charge on any atom is -0.303 e. The lowest BCUT2D eigenvalue weighted by Gasteiger charge is -2.19. The van der Waals surface area contributed by atoms with Gasteiger partial charge in [0.1, 0.15) is 5.82 Å². The van der Waals surface area contributed by atoms with E-state index in [9.17, 15) is 22.0 Å². The van der Waals surface area contributed by atoms with Crippen LogP contribution in [0.15, 0.2) is 18.3 Å². The number of hydrogen-bond acceptors (Lipinski definition) is 2. The van der Waals surface area contributed by atoms with Crippen molar-refractivity contribution >= 4 is 0 Å². The van der Waals surface area contributed by atoms with E-state index < -0.39 is 30.8 Å². The van der Waals surface area contributed by atoms with Crippen LogP contribution in [-0.4, -0.2) is 23.9 Å². The predicted octanol–water partition coefficient (Wildman–Crippen LogP) is 2.77. The largest absolute Gasteiger partial charge is 0.319 e. The first-order chi connectivity index (χ1) is 7.83. The monoisotopic (exact) mass is 254 g/mol. The predicted molar refractivity (Wildman–Crippen MR) is 51.6 cm³/mol. The van der Waals surface area contributed by atoms with E-state index in [0.29, 0.717) is 5.69 Å². The lowest BCUT2D eigenvalue weighted by molar-refractivity contribution is -0.126. The zero-order valence-corrected chi connectivity index (χ0v) is 8.93. The van der Waals surface area contributed by atoms with Gasteiger partial charge in [-0.1, -0.05) is 0 Å². The lowest BCUT2D eigenvalue weighted by Crippen LogP contribution is -2.39. The first-order valence-corrected chi connectivity index (χ1v) is 4.84. The van der Waals surface area contributed by atoms with E-state index in [-0.39, 0.29) is 0 Å². The number of halogens is 5. The van der Waals surface area contributed by atoms with E-state index in [0.717, 1.165) is 12.3 Å². The fourth-order valence-corrected chi connectivity index (χ4v) is 1.11. The van der Waals surface area contributed by atoms with Crippen LogP contribution in [0.4, 0.5) is 22.0 Å². The van der Waals surface area contributed by atoms with Gasteiger partial charge >= 0.3 is 12.3 Å². The highest BCUT2D eigenvalue weighted by molar-refractivity contribution is 5.09. The van der Waals surface area contributed by atoms with Gasteiger partial charge in [0, 0.05) is 6.04 Å². The molecule has 0 aliphatic heterocycles. The molecule has 0 bridgehead atoms. The molecule has 1 N–H and O–H groups in total. The number of nitrogens with one attached hydrogen (secondary N) is 1. The number of aromatic nitrogens is 1. The van der Waals surface area contributed by atoms with Crippen LogP contribution in [0.1, 0.15) is 18.7 Å². The van der Waals surface area contributed by atoms with Crippen molar-refractivity contribution in [3.63, 3.8) is 0 Å². The number of hydrogen-bond donors (Lipinski definition) is 1. The summed E-state index contributed by atoms with van der Waals surface area (Å²) in [5.41, 5.74) is 0.302. The second kappa shape index (κ2) is 5.39. The molecular weight excluding hydrogens is 243 g/mol. The summed E-state index contributed by atoms with van der Waals surface area (Å²) in [6, 6.07) is 1.75. The van der Waals surface area contributed by atoms with Crippen molar-refractivity contribution in [1.29, 1.82) is 0 Å². The highest BCUT2D eigenvalue weighted by atomic mass is 19.3. The van der Waals surface area contributed by atoms with Crippen LogP contribution in [0.2, 0.25) is 0 Å². The molecule has 1 aromatic heterocycles. The Bertz CT molecular complexity index is 352. The number of nitrogens with zero attached hydrogens (tertiary/aromatic N) is 1. The van der Waals surface area contributed by atoms with Crippen molar-refractivity contribution in [1.82, 2.24) is 10.3 Å². The second-order valence-electron chi connectivity index (χ2n) is 3.57. The molecule has 1 heterocycles. The molecule has 0 radical (unpaired) electrons. The molecule has 0 aromatic carbocycles. The van der Waals surface area contributed by atoms with Crippen LogP contribution >= 0.6 is 0 Å². The van der Waals surface area contributed by atoms with E-state index in [1.54, 1.807) is 0 Å². The maximum atomic E-state index is 12.6. The quantitative estimate of drug-likeness (QED) is 0.817. The van der Waals surface area contributed by atoms with Crippen LogP contribution in [0.3, 0.4) is 0 Å². The Morgan fingerprint density at radius 3 is 2.47 bits per heavy atom. The summed E-state index contributed by atoms with van der Waals surface area (Å²) in [4.78, 5) is 3.65. The fourth-order valence-electron chi connectivity index (χ4n) is 1.11. The SMILES string of the molecule is CC(NCC(F)(F)C(F)F)c1ccc(F)cn1. The van der Waals surface area contributed by atoms with Gasteiger partial charge < -0.3 is 5.32 Å². The summed E-state index contributed by atoms with van der Waals surface area (Å²) in [7, 11) is 0. The van der Waals surface area contributed by atoms with E-state index in [2.05, 4.69) is 10.3 Å². The summed E-state index contributed by atoms with van der Waals surface area (Å²) in [5.74, 6) is -4.65. The zero-order chi connectivity index (χ0) is 13.1. The smallest absolute Gasteiger partial charge is 0.303 e. The molecule has 7 heteroatoms. The first-order valence-electron chi connectivity index (χ1n) is 4.84. The summed E-state index contributed by atoms with van der Waals surface area (Å²) in [5, 5.41) is 2.23. The first kappa shape index (κ1) is 13.8. The molecule has 1 unspecified atom stereocenters. The molecule has 0 aliphatic rings. The van der Waals surface area contributed by atoms with Crippen LogP contribution in [0.25, 0.3) is 0 Å². The average molecular weight is 254 g/mol. The van der Waals surface area contributed by atoms with E-state index in [4.69, 9.17) is 0 Å². The third kappa shape index (κ3) is 3.92. The molecule has 0 aliphatic carbocycles. The molecule has 2 nitrogen and oxygen atoms in total. The van der Waals surface area contributed by atoms with Gasteiger partial charge in [0.25, 0.3) is 0 Å². The van der Waals surface area contributed by atoms with Gasteiger partial charge in [-0.05, 0) is 19.1 Å². The van der Waals surface area contributed by atoms with Gasteiger partial charge in [-0.3, -0.25) is 4.98 Å². The fraction of sp³-hybridized carbons (Fsp3) is 0.500. The minimum atomic E-state index is -4.09. The lowest BCUT2D eigenvalue weighted by atomic mass is 10.2. The Morgan fingerprint density at radius 2 is 2.00 bits per heavy atom. The van der Waals surface area contributed by atoms with Gasteiger partial charge in [0.2, 0.25) is 0 Å². The molecule has 96 valence electrons. The standard InChI is InChI=1S/C10H11F5N2/c1-6(8-3-2-7(11)4-16-8)17-5-10(14,15)9(12)13/h2-4,6,9,17H,5H2,1H3. The molecule has 17 heavy (non-hydrogen) atoms. The van der Waals surface area contributed by atoms with E-state index in [1.165, 1.54) is 13.0 Å². The molecule has 1 aromatic rings. The Hall–Kier alpha value is -1.24. The maximum absolute atomic E-state index is 12.6. The topological polar surface area (TPSA) is 24.9 Å². The molecule has 0 fully saturated rings.